The SMILES string of the molecule is COc1ccc(-c2cccc3c(-c4ccc(-c5ccc(OC)c6ccccc56)c5ccccc45)cccc23)c2ccccc12.COc1ccc2cc(-c3ccc(-c4cccc5c(-c6ccc(OC)c7ccccc67)cccc45)c4ccccc34)ccc2c1.COc1ccc2cc(-c3cccc4c(-c5ccc(-c6ccc7cc(OC)ccc7c6)c6ccccc56)cccc34)ccc2c1. The first-order chi connectivity index (χ1) is 65.2. The molecule has 24 aromatic carbocycles. The minimum absolute atomic E-state index is 0.874. The molecule has 6 nitrogen and oxygen atoms in total. The number of methoxy groups -OCH3 is 6. The second kappa shape index (κ2) is 34.8. The maximum absolute atomic E-state index is 5.69. The molecule has 24 aromatic rings. The summed E-state index contributed by atoms with van der Waals surface area (Å²) in [4.78, 5) is 0. The lowest BCUT2D eigenvalue weighted by molar-refractivity contribution is 0.415. The highest BCUT2D eigenvalue weighted by Crippen LogP contribution is 2.49. The Balaban J connectivity index is 0.000000116. The number of ether oxygens (including phenoxy) is 6. The summed E-state index contributed by atoms with van der Waals surface area (Å²) in [7, 11) is 10.3. The van der Waals surface area contributed by atoms with E-state index in [0.29, 0.717) is 0 Å². The maximum Gasteiger partial charge on any atom is 0.126 e. The van der Waals surface area contributed by atoms with Crippen LogP contribution >= 0.6 is 0 Å². The molecule has 0 heterocycles. The lowest BCUT2D eigenvalue weighted by Gasteiger charge is -2.17. The van der Waals surface area contributed by atoms with Crippen LogP contribution < -0.4 is 28.4 Å². The van der Waals surface area contributed by atoms with E-state index in [0.717, 1.165) is 50.7 Å². The zero-order valence-corrected chi connectivity index (χ0v) is 74.0. The fraction of sp³-hybridized carbons (Fsp3) is 0.0476. The van der Waals surface area contributed by atoms with Crippen LogP contribution in [0.25, 0.3) is 229 Å². The van der Waals surface area contributed by atoms with Gasteiger partial charge in [0.05, 0.1) is 42.7 Å². The standard InChI is InChI=1S/3C42H30O2/c1-43-41-25-23-37(33-13-5-7-15-39(33)41)32-20-10-17-29-30(32)18-9-19-31(29)35-21-22-36(28-12-4-3-11-27(28)35)38-24-26-42(44-2)40-16-8-6-14-34(38)40;1-43-33-19-17-27-23-31(15-13-29(27)25-33)35-9-5-11-40-38(35)10-6-12-41(40)42-22-21-36(37-7-3-4-8-39(37)42)32-16-14-30-26-34(44-2)20-18-28(30)24-32;1-43-30-20-19-27-25-29(18-17-28(27)26-30)31-21-22-39(33-10-4-3-9-32(31)33)36-15-7-14-35-34(36)13-8-16-37(35)40-23-24-42(44-2)41-12-6-5-11-38(40)41/h3*3-26H,1-2H3. The molecule has 0 spiro atoms. The number of hydrogen-bond acceptors (Lipinski definition) is 6. The molecule has 0 atom stereocenters. The Bertz CT molecular complexity index is 8460. The first-order valence-electron chi connectivity index (χ1n) is 44.7. The van der Waals surface area contributed by atoms with Crippen LogP contribution in [0.2, 0.25) is 0 Å². The molecule has 0 aliphatic carbocycles. The van der Waals surface area contributed by atoms with Crippen molar-refractivity contribution < 1.29 is 28.4 Å². The van der Waals surface area contributed by atoms with Crippen molar-refractivity contribution >= 4 is 129 Å². The summed E-state index contributed by atoms with van der Waals surface area (Å²) >= 11 is 0. The summed E-state index contributed by atoms with van der Waals surface area (Å²) in [5, 5.41) is 28.9. The number of fused-ring (bicyclic) bond motifs is 12. The highest BCUT2D eigenvalue weighted by molar-refractivity contribution is 6.19. The van der Waals surface area contributed by atoms with Gasteiger partial charge in [0.25, 0.3) is 0 Å². The molecule has 0 aliphatic rings. The summed E-state index contributed by atoms with van der Waals surface area (Å²) in [6, 6.07) is 157. The van der Waals surface area contributed by atoms with Crippen LogP contribution in [0.4, 0.5) is 0 Å². The molecule has 24 rings (SSSR count). The van der Waals surface area contributed by atoms with Gasteiger partial charge in [0, 0.05) is 16.2 Å². The van der Waals surface area contributed by atoms with Crippen LogP contribution in [0.3, 0.4) is 0 Å². The summed E-state index contributed by atoms with van der Waals surface area (Å²) in [5.74, 6) is 5.29. The van der Waals surface area contributed by atoms with Gasteiger partial charge >= 0.3 is 0 Å². The molecule has 132 heavy (non-hydrogen) atoms. The Kier molecular flexibility index (Phi) is 21.3. The molecule has 630 valence electrons. The Hall–Kier alpha value is -16.8. The van der Waals surface area contributed by atoms with Gasteiger partial charge in [-0.2, -0.15) is 0 Å². The van der Waals surface area contributed by atoms with Crippen molar-refractivity contribution in [2.45, 2.75) is 0 Å². The number of benzene rings is 24. The zero-order valence-electron chi connectivity index (χ0n) is 74.0. The van der Waals surface area contributed by atoms with Crippen LogP contribution in [0.5, 0.6) is 34.5 Å². The van der Waals surface area contributed by atoms with Gasteiger partial charge in [-0.3, -0.25) is 0 Å². The van der Waals surface area contributed by atoms with Crippen LogP contribution in [-0.2, 0) is 0 Å². The Morgan fingerprint density at radius 3 is 0.500 bits per heavy atom. The first-order valence-corrected chi connectivity index (χ1v) is 44.7. The topological polar surface area (TPSA) is 55.4 Å². The van der Waals surface area contributed by atoms with E-state index in [2.05, 4.69) is 419 Å². The van der Waals surface area contributed by atoms with E-state index < -0.39 is 0 Å². The molecule has 0 amide bonds. The van der Waals surface area contributed by atoms with Crippen molar-refractivity contribution in [3.63, 3.8) is 0 Å². The predicted molar refractivity (Wildman–Crippen MR) is 558 cm³/mol. The van der Waals surface area contributed by atoms with Gasteiger partial charge in [0.1, 0.15) is 34.5 Å². The molecule has 0 radical (unpaired) electrons. The van der Waals surface area contributed by atoms with E-state index in [-0.39, 0.29) is 0 Å². The van der Waals surface area contributed by atoms with E-state index in [1.807, 2.05) is 18.2 Å². The quantitative estimate of drug-likeness (QED) is 0.102. The van der Waals surface area contributed by atoms with Crippen molar-refractivity contribution in [2.75, 3.05) is 42.7 Å². The number of hydrogen-bond donors (Lipinski definition) is 0. The molecule has 0 fully saturated rings. The fourth-order valence-corrected chi connectivity index (χ4v) is 20.3. The van der Waals surface area contributed by atoms with Crippen LogP contribution in [-0.4, -0.2) is 42.7 Å². The fourth-order valence-electron chi connectivity index (χ4n) is 20.3. The zero-order chi connectivity index (χ0) is 88.9. The van der Waals surface area contributed by atoms with Crippen LogP contribution in [0, 0.1) is 0 Å². The summed E-state index contributed by atoms with van der Waals surface area (Å²) in [5.41, 5.74) is 22.0. The maximum atomic E-state index is 5.69. The third-order valence-corrected chi connectivity index (χ3v) is 26.7. The summed E-state index contributed by atoms with van der Waals surface area (Å²) in [6.45, 7) is 0. The third kappa shape index (κ3) is 14.5. The Labute approximate surface area is 766 Å². The monoisotopic (exact) mass is 1700 g/mol. The molecule has 0 aromatic heterocycles. The van der Waals surface area contributed by atoms with Crippen molar-refractivity contribution in [2.24, 2.45) is 0 Å². The minimum Gasteiger partial charge on any atom is -0.497 e. The van der Waals surface area contributed by atoms with E-state index in [1.165, 1.54) is 213 Å². The molecule has 0 N–H and O–H groups in total. The van der Waals surface area contributed by atoms with E-state index in [9.17, 15) is 0 Å². The van der Waals surface area contributed by atoms with Gasteiger partial charge in [-0.05, 0) is 286 Å². The minimum atomic E-state index is 0.874. The first kappa shape index (κ1) is 81.0. The molecule has 0 bridgehead atoms. The molecule has 0 aliphatic heterocycles. The summed E-state index contributed by atoms with van der Waals surface area (Å²) < 4.78 is 33.4. The lowest BCUT2D eigenvalue weighted by atomic mass is 9.87. The van der Waals surface area contributed by atoms with Crippen molar-refractivity contribution in [1.29, 1.82) is 0 Å². The molecule has 0 unspecified atom stereocenters. The van der Waals surface area contributed by atoms with E-state index >= 15 is 0 Å². The molecular formula is C126H90O6. The van der Waals surface area contributed by atoms with Gasteiger partial charge in [0.2, 0.25) is 0 Å². The smallest absolute Gasteiger partial charge is 0.126 e. The molecule has 0 saturated carbocycles. The van der Waals surface area contributed by atoms with Crippen molar-refractivity contribution in [3.8, 4) is 135 Å². The second-order valence-corrected chi connectivity index (χ2v) is 33.6. The van der Waals surface area contributed by atoms with Crippen LogP contribution in [0.15, 0.2) is 437 Å². The predicted octanol–water partition coefficient (Wildman–Crippen LogP) is 34.0. The van der Waals surface area contributed by atoms with Gasteiger partial charge in [-0.1, -0.05) is 364 Å². The normalized spacial score (nSPS) is 11.4. The lowest BCUT2D eigenvalue weighted by Crippen LogP contribution is -1.91. The average molecular weight is 1700 g/mol. The van der Waals surface area contributed by atoms with Gasteiger partial charge in [-0.15, -0.1) is 0 Å². The van der Waals surface area contributed by atoms with Crippen molar-refractivity contribution in [3.05, 3.63) is 437 Å². The van der Waals surface area contributed by atoms with Crippen molar-refractivity contribution in [1.82, 2.24) is 0 Å². The highest BCUT2D eigenvalue weighted by Gasteiger charge is 2.22. The number of rotatable bonds is 15. The van der Waals surface area contributed by atoms with Gasteiger partial charge in [0.15, 0.2) is 0 Å². The Morgan fingerprint density at radius 2 is 0.273 bits per heavy atom. The van der Waals surface area contributed by atoms with Gasteiger partial charge in [-0.25, -0.2) is 0 Å². The second-order valence-electron chi connectivity index (χ2n) is 33.6. The largest absolute Gasteiger partial charge is 0.497 e. The average Bonchev–Trinajstić information content (AvgIpc) is 0.731. The van der Waals surface area contributed by atoms with E-state index in [1.54, 1.807) is 42.7 Å². The molecule has 6 heteroatoms. The van der Waals surface area contributed by atoms with Gasteiger partial charge < -0.3 is 28.4 Å². The molecule has 0 saturated heterocycles. The molecular weight excluding hydrogens is 1610 g/mol. The van der Waals surface area contributed by atoms with E-state index in [4.69, 9.17) is 28.4 Å². The highest BCUT2D eigenvalue weighted by atomic mass is 16.5. The summed E-state index contributed by atoms with van der Waals surface area (Å²) in [6.07, 6.45) is 0. The van der Waals surface area contributed by atoms with Crippen LogP contribution in [0.1, 0.15) is 0 Å². The Morgan fingerprint density at radius 1 is 0.114 bits per heavy atom. The third-order valence-electron chi connectivity index (χ3n) is 26.7.